The van der Waals surface area contributed by atoms with E-state index in [0.717, 1.165) is 11.1 Å². The van der Waals surface area contributed by atoms with Gasteiger partial charge in [-0.3, -0.25) is 4.79 Å². The second-order valence-electron chi connectivity index (χ2n) is 6.87. The number of benzene rings is 2. The number of aromatic nitrogens is 2. The summed E-state index contributed by atoms with van der Waals surface area (Å²) in [6, 6.07) is 17.7. The number of rotatable bonds is 6. The highest BCUT2D eigenvalue weighted by molar-refractivity contribution is 7.12. The Morgan fingerprint density at radius 3 is 2.58 bits per heavy atom. The van der Waals surface area contributed by atoms with Crippen LogP contribution in [0.15, 0.2) is 70.5 Å². The molecule has 1 N–H and O–H groups in total. The molecule has 2 heterocycles. The molecule has 0 aliphatic heterocycles. The first-order valence-electron chi connectivity index (χ1n) is 9.56. The summed E-state index contributed by atoms with van der Waals surface area (Å²) in [5.74, 6) is -0.143. The fourth-order valence-electron chi connectivity index (χ4n) is 2.86. The van der Waals surface area contributed by atoms with Crippen molar-refractivity contribution in [2.24, 2.45) is 0 Å². The molecule has 8 heteroatoms. The van der Waals surface area contributed by atoms with Crippen molar-refractivity contribution >= 4 is 28.9 Å². The monoisotopic (exact) mass is 433 g/mol. The predicted molar refractivity (Wildman–Crippen MR) is 117 cm³/mol. The van der Waals surface area contributed by atoms with E-state index in [-0.39, 0.29) is 11.8 Å². The Morgan fingerprint density at radius 2 is 1.87 bits per heavy atom. The lowest BCUT2D eigenvalue weighted by Gasteiger charge is -2.10. The van der Waals surface area contributed by atoms with Crippen molar-refractivity contribution in [3.05, 3.63) is 87.9 Å². The maximum atomic E-state index is 12.5. The highest BCUT2D eigenvalue weighted by Crippen LogP contribution is 2.24. The van der Waals surface area contributed by atoms with E-state index in [1.165, 1.54) is 11.3 Å². The summed E-state index contributed by atoms with van der Waals surface area (Å²) in [6.45, 7) is 3.64. The van der Waals surface area contributed by atoms with E-state index in [9.17, 15) is 9.59 Å². The number of esters is 1. The lowest BCUT2D eigenvalue weighted by Crippen LogP contribution is -2.11. The lowest BCUT2D eigenvalue weighted by molar-refractivity contribution is 0.0280. The standard InChI is InChI=1S/C23H19N3O4S/c1-14-5-3-6-17(13-14)22-26-25-21(30-22)15(2)29-23(28)16-8-10-18(11-9-16)24-20(27)19-7-4-12-31-19/h3-13,15H,1-2H3,(H,24,27). The maximum Gasteiger partial charge on any atom is 0.338 e. The Bertz CT molecular complexity index is 1200. The van der Waals surface area contributed by atoms with Crippen LogP contribution in [0.1, 0.15) is 44.5 Å². The SMILES string of the molecule is Cc1cccc(-c2nnc(C(C)OC(=O)c3ccc(NC(=O)c4cccs4)cc3)o2)c1. The van der Waals surface area contributed by atoms with Gasteiger partial charge in [0.25, 0.3) is 11.8 Å². The molecule has 0 radical (unpaired) electrons. The van der Waals surface area contributed by atoms with E-state index in [4.69, 9.17) is 9.15 Å². The number of thiophene rings is 1. The zero-order valence-corrected chi connectivity index (χ0v) is 17.7. The fraction of sp³-hybridized carbons (Fsp3) is 0.130. The Labute approximate surface area is 182 Å². The number of nitrogens with zero attached hydrogens (tertiary/aromatic N) is 2. The molecule has 0 aliphatic carbocycles. The molecule has 7 nitrogen and oxygen atoms in total. The zero-order chi connectivity index (χ0) is 21.8. The van der Waals surface area contributed by atoms with Crippen LogP contribution in [0.2, 0.25) is 0 Å². The second-order valence-corrected chi connectivity index (χ2v) is 7.82. The quantitative estimate of drug-likeness (QED) is 0.416. The van der Waals surface area contributed by atoms with Gasteiger partial charge in [-0.1, -0.05) is 23.8 Å². The van der Waals surface area contributed by atoms with Gasteiger partial charge in [-0.15, -0.1) is 21.5 Å². The molecule has 4 aromatic rings. The molecule has 0 aliphatic rings. The van der Waals surface area contributed by atoms with Crippen LogP contribution < -0.4 is 5.32 Å². The zero-order valence-electron chi connectivity index (χ0n) is 16.9. The number of carbonyl (C=O) groups excluding carboxylic acids is 2. The molecule has 0 fully saturated rings. The Balaban J connectivity index is 1.38. The van der Waals surface area contributed by atoms with Gasteiger partial charge < -0.3 is 14.5 Å². The summed E-state index contributed by atoms with van der Waals surface area (Å²) >= 11 is 1.36. The number of ether oxygens (including phenoxy) is 1. The molecule has 0 spiro atoms. The van der Waals surface area contributed by atoms with Crippen LogP contribution in [0.5, 0.6) is 0 Å². The number of amides is 1. The minimum atomic E-state index is -0.711. The van der Waals surface area contributed by atoms with E-state index >= 15 is 0 Å². The molecule has 0 saturated carbocycles. The molecule has 1 unspecified atom stereocenters. The molecule has 0 saturated heterocycles. The van der Waals surface area contributed by atoms with Crippen molar-refractivity contribution in [2.45, 2.75) is 20.0 Å². The Hall–Kier alpha value is -3.78. The fourth-order valence-corrected chi connectivity index (χ4v) is 3.48. The summed E-state index contributed by atoms with van der Waals surface area (Å²) in [5.41, 5.74) is 2.81. The van der Waals surface area contributed by atoms with Crippen molar-refractivity contribution in [1.82, 2.24) is 10.2 Å². The molecule has 1 amide bonds. The van der Waals surface area contributed by atoms with Crippen molar-refractivity contribution in [3.63, 3.8) is 0 Å². The highest BCUT2D eigenvalue weighted by Gasteiger charge is 2.20. The number of carbonyl (C=O) groups is 2. The van der Waals surface area contributed by atoms with Crippen LogP contribution >= 0.6 is 11.3 Å². The summed E-state index contributed by atoms with van der Waals surface area (Å²) < 4.78 is 11.1. The van der Waals surface area contributed by atoms with E-state index in [1.54, 1.807) is 37.3 Å². The lowest BCUT2D eigenvalue weighted by atomic mass is 10.1. The van der Waals surface area contributed by atoms with Crippen LogP contribution in [-0.2, 0) is 4.74 Å². The van der Waals surface area contributed by atoms with Gasteiger partial charge in [-0.05, 0) is 61.7 Å². The summed E-state index contributed by atoms with van der Waals surface area (Å²) in [6.07, 6.45) is -0.711. The molecule has 31 heavy (non-hydrogen) atoms. The van der Waals surface area contributed by atoms with Gasteiger partial charge in [0.15, 0.2) is 6.10 Å². The first-order valence-corrected chi connectivity index (χ1v) is 10.4. The van der Waals surface area contributed by atoms with Gasteiger partial charge >= 0.3 is 5.97 Å². The van der Waals surface area contributed by atoms with E-state index in [2.05, 4.69) is 15.5 Å². The number of hydrogen-bond acceptors (Lipinski definition) is 7. The number of hydrogen-bond donors (Lipinski definition) is 1. The topological polar surface area (TPSA) is 94.3 Å². The first-order chi connectivity index (χ1) is 15.0. The average molecular weight is 433 g/mol. The minimum Gasteiger partial charge on any atom is -0.449 e. The molecule has 2 aromatic carbocycles. The predicted octanol–water partition coefficient (Wildman–Crippen LogP) is 5.28. The van der Waals surface area contributed by atoms with E-state index in [0.29, 0.717) is 22.0 Å². The summed E-state index contributed by atoms with van der Waals surface area (Å²) in [5, 5.41) is 12.7. The van der Waals surface area contributed by atoms with Crippen molar-refractivity contribution in [2.75, 3.05) is 5.32 Å². The summed E-state index contributed by atoms with van der Waals surface area (Å²) in [7, 11) is 0. The van der Waals surface area contributed by atoms with E-state index < -0.39 is 12.1 Å². The first kappa shape index (κ1) is 20.5. The molecular weight excluding hydrogens is 414 g/mol. The third-order valence-electron chi connectivity index (χ3n) is 4.46. The summed E-state index contributed by atoms with van der Waals surface area (Å²) in [4.78, 5) is 25.2. The van der Waals surface area contributed by atoms with Crippen molar-refractivity contribution in [3.8, 4) is 11.5 Å². The van der Waals surface area contributed by atoms with Gasteiger partial charge in [0.2, 0.25) is 5.89 Å². The molecule has 1 atom stereocenters. The minimum absolute atomic E-state index is 0.195. The number of anilines is 1. The normalized spacial score (nSPS) is 11.7. The molecular formula is C23H19N3O4S. The van der Waals surface area contributed by atoms with Crippen LogP contribution in [0, 0.1) is 6.92 Å². The van der Waals surface area contributed by atoms with Crippen LogP contribution in [0.3, 0.4) is 0 Å². The third-order valence-corrected chi connectivity index (χ3v) is 5.33. The van der Waals surface area contributed by atoms with Crippen LogP contribution in [0.4, 0.5) is 5.69 Å². The molecule has 2 aromatic heterocycles. The smallest absolute Gasteiger partial charge is 0.338 e. The number of aryl methyl sites for hydroxylation is 1. The second kappa shape index (κ2) is 8.93. The van der Waals surface area contributed by atoms with Gasteiger partial charge in [0, 0.05) is 11.3 Å². The van der Waals surface area contributed by atoms with Gasteiger partial charge in [-0.25, -0.2) is 4.79 Å². The van der Waals surface area contributed by atoms with Gasteiger partial charge in [0.05, 0.1) is 10.4 Å². The molecule has 156 valence electrons. The van der Waals surface area contributed by atoms with Gasteiger partial charge in [0.1, 0.15) is 0 Å². The Morgan fingerprint density at radius 1 is 1.06 bits per heavy atom. The van der Waals surface area contributed by atoms with E-state index in [1.807, 2.05) is 42.6 Å². The number of nitrogens with one attached hydrogen (secondary N) is 1. The highest BCUT2D eigenvalue weighted by atomic mass is 32.1. The molecule has 0 bridgehead atoms. The van der Waals surface area contributed by atoms with Crippen molar-refractivity contribution in [1.29, 1.82) is 0 Å². The average Bonchev–Trinajstić information content (AvgIpc) is 3.47. The third kappa shape index (κ3) is 4.87. The van der Waals surface area contributed by atoms with Crippen molar-refractivity contribution < 1.29 is 18.7 Å². The largest absolute Gasteiger partial charge is 0.449 e. The van der Waals surface area contributed by atoms with Crippen LogP contribution in [0.25, 0.3) is 11.5 Å². The molecule has 4 rings (SSSR count). The van der Waals surface area contributed by atoms with Crippen LogP contribution in [-0.4, -0.2) is 22.1 Å². The van der Waals surface area contributed by atoms with Gasteiger partial charge in [-0.2, -0.15) is 0 Å². The Kier molecular flexibility index (Phi) is 5.90. The maximum absolute atomic E-state index is 12.5.